The van der Waals surface area contributed by atoms with E-state index in [-0.39, 0.29) is 0 Å². The molecule has 0 fully saturated rings. The summed E-state index contributed by atoms with van der Waals surface area (Å²) >= 11 is 0. The molecule has 3 aromatic rings. The topological polar surface area (TPSA) is 53.6 Å². The third kappa shape index (κ3) is 2.93. The molecule has 102 valence electrons. The van der Waals surface area contributed by atoms with Gasteiger partial charge in [0, 0.05) is 16.8 Å². The molecule has 0 aliphatic rings. The van der Waals surface area contributed by atoms with Crippen molar-refractivity contribution < 1.29 is 0 Å². The van der Waals surface area contributed by atoms with Gasteiger partial charge in [0.25, 0.3) is 0 Å². The van der Waals surface area contributed by atoms with Crippen LogP contribution < -0.4 is 5.32 Å². The number of aromatic nitrogens is 3. The lowest BCUT2D eigenvalue weighted by Crippen LogP contribution is -2.01. The van der Waals surface area contributed by atoms with Crippen molar-refractivity contribution in [1.29, 1.82) is 0 Å². The molecule has 0 spiro atoms. The Hall–Kier alpha value is -3.06. The van der Waals surface area contributed by atoms with Crippen LogP contribution in [0.3, 0.4) is 0 Å². The molecule has 4 nitrogen and oxygen atoms in total. The van der Waals surface area contributed by atoms with E-state index in [1.54, 1.807) is 0 Å². The summed E-state index contributed by atoms with van der Waals surface area (Å²) < 4.78 is 0. The first-order valence-corrected chi connectivity index (χ1v) is 6.62. The fourth-order valence-electron chi connectivity index (χ4n) is 2.11. The first-order valence-electron chi connectivity index (χ1n) is 6.62. The number of rotatable bonds is 4. The summed E-state index contributed by atoms with van der Waals surface area (Å²) in [6, 6.07) is 17.7. The molecule has 0 bridgehead atoms. The maximum atomic E-state index is 5.40. The van der Waals surface area contributed by atoms with Gasteiger partial charge in [-0.15, -0.1) is 6.42 Å². The molecule has 0 radical (unpaired) electrons. The monoisotopic (exact) mass is 274 g/mol. The van der Waals surface area contributed by atoms with Crippen molar-refractivity contribution in [3.8, 4) is 23.6 Å². The Balaban J connectivity index is 1.78. The average molecular weight is 274 g/mol. The van der Waals surface area contributed by atoms with E-state index in [1.165, 1.54) is 0 Å². The Morgan fingerprint density at radius 1 is 1.05 bits per heavy atom. The first-order chi connectivity index (χ1) is 10.4. The largest absolute Gasteiger partial charge is 0.379 e. The highest BCUT2D eigenvalue weighted by Gasteiger charge is 2.09. The fourth-order valence-corrected chi connectivity index (χ4v) is 2.11. The van der Waals surface area contributed by atoms with Gasteiger partial charge in [0.1, 0.15) is 11.4 Å². The van der Waals surface area contributed by atoms with E-state index in [2.05, 4.69) is 26.6 Å². The predicted octanol–water partition coefficient (Wildman–Crippen LogP) is 3.07. The lowest BCUT2D eigenvalue weighted by molar-refractivity contribution is 0.911. The van der Waals surface area contributed by atoms with Crippen LogP contribution in [0.25, 0.3) is 11.3 Å². The van der Waals surface area contributed by atoms with Gasteiger partial charge in [0.05, 0.1) is 6.54 Å². The summed E-state index contributed by atoms with van der Waals surface area (Å²) in [5, 5.41) is 14.4. The van der Waals surface area contributed by atoms with Crippen molar-refractivity contribution in [2.75, 3.05) is 5.32 Å². The average Bonchev–Trinajstić information content (AvgIpc) is 3.02. The van der Waals surface area contributed by atoms with Crippen molar-refractivity contribution in [1.82, 2.24) is 15.4 Å². The SMILES string of the molecule is C#Cc1cccc(NCc2n[nH]nc2-c2ccccc2)c1. The van der Waals surface area contributed by atoms with Crippen LogP contribution in [0.5, 0.6) is 0 Å². The molecule has 0 aliphatic carbocycles. The van der Waals surface area contributed by atoms with Crippen LogP contribution >= 0.6 is 0 Å². The van der Waals surface area contributed by atoms with E-state index in [4.69, 9.17) is 6.42 Å². The third-order valence-electron chi connectivity index (χ3n) is 3.16. The van der Waals surface area contributed by atoms with Gasteiger partial charge in [-0.05, 0) is 18.2 Å². The highest BCUT2D eigenvalue weighted by molar-refractivity contribution is 5.61. The molecule has 1 heterocycles. The van der Waals surface area contributed by atoms with E-state index in [0.29, 0.717) is 6.54 Å². The van der Waals surface area contributed by atoms with Gasteiger partial charge < -0.3 is 5.32 Å². The lowest BCUT2D eigenvalue weighted by atomic mass is 10.1. The van der Waals surface area contributed by atoms with Gasteiger partial charge in [-0.3, -0.25) is 0 Å². The summed E-state index contributed by atoms with van der Waals surface area (Å²) in [5.74, 6) is 2.62. The second kappa shape index (κ2) is 5.93. The van der Waals surface area contributed by atoms with Gasteiger partial charge in [0.2, 0.25) is 0 Å². The molecule has 2 N–H and O–H groups in total. The van der Waals surface area contributed by atoms with Gasteiger partial charge in [-0.2, -0.15) is 15.4 Å². The van der Waals surface area contributed by atoms with Gasteiger partial charge in [-0.25, -0.2) is 0 Å². The van der Waals surface area contributed by atoms with Crippen LogP contribution in [0.2, 0.25) is 0 Å². The van der Waals surface area contributed by atoms with Crippen molar-refractivity contribution in [2.24, 2.45) is 0 Å². The molecule has 2 aromatic carbocycles. The molecular weight excluding hydrogens is 260 g/mol. The first kappa shape index (κ1) is 12.9. The number of H-pyrrole nitrogens is 1. The van der Waals surface area contributed by atoms with Gasteiger partial charge in [0.15, 0.2) is 0 Å². The maximum Gasteiger partial charge on any atom is 0.117 e. The van der Waals surface area contributed by atoms with Gasteiger partial charge in [-0.1, -0.05) is 42.3 Å². The predicted molar refractivity (Wildman–Crippen MR) is 83.5 cm³/mol. The molecule has 0 unspecified atom stereocenters. The molecule has 21 heavy (non-hydrogen) atoms. The molecule has 4 heteroatoms. The molecule has 0 saturated carbocycles. The molecule has 3 rings (SSSR count). The van der Waals surface area contributed by atoms with Crippen LogP contribution in [0.4, 0.5) is 5.69 Å². The molecular formula is C17H14N4. The smallest absolute Gasteiger partial charge is 0.117 e. The number of hydrogen-bond acceptors (Lipinski definition) is 3. The van der Waals surface area contributed by atoms with E-state index < -0.39 is 0 Å². The molecule has 0 amide bonds. The fraction of sp³-hybridized carbons (Fsp3) is 0.0588. The highest BCUT2D eigenvalue weighted by Crippen LogP contribution is 2.20. The lowest BCUT2D eigenvalue weighted by Gasteiger charge is -2.06. The maximum absolute atomic E-state index is 5.40. The molecule has 0 aliphatic heterocycles. The number of hydrogen-bond donors (Lipinski definition) is 2. The van der Waals surface area contributed by atoms with Gasteiger partial charge >= 0.3 is 0 Å². The molecule has 1 aromatic heterocycles. The minimum absolute atomic E-state index is 0.578. The standard InChI is InChI=1S/C17H14N4/c1-2-13-7-6-10-15(11-13)18-12-16-17(20-21-19-16)14-8-4-3-5-9-14/h1,3-11,18H,12H2,(H,19,20,21). The zero-order valence-corrected chi connectivity index (χ0v) is 11.4. The van der Waals surface area contributed by atoms with Crippen molar-refractivity contribution in [2.45, 2.75) is 6.54 Å². The highest BCUT2D eigenvalue weighted by atomic mass is 15.3. The second-order valence-corrected chi connectivity index (χ2v) is 4.56. The van der Waals surface area contributed by atoms with E-state index in [0.717, 1.165) is 28.2 Å². The summed E-state index contributed by atoms with van der Waals surface area (Å²) in [7, 11) is 0. The van der Waals surface area contributed by atoms with E-state index in [9.17, 15) is 0 Å². The van der Waals surface area contributed by atoms with Crippen LogP contribution in [0, 0.1) is 12.3 Å². The molecule has 0 atom stereocenters. The minimum atomic E-state index is 0.578. The van der Waals surface area contributed by atoms with Crippen molar-refractivity contribution in [3.05, 3.63) is 65.9 Å². The Labute approximate surface area is 123 Å². The Morgan fingerprint density at radius 2 is 1.90 bits per heavy atom. The van der Waals surface area contributed by atoms with Crippen molar-refractivity contribution in [3.63, 3.8) is 0 Å². The Kier molecular flexibility index (Phi) is 3.66. The number of nitrogens with one attached hydrogen (secondary N) is 2. The number of nitrogens with zero attached hydrogens (tertiary/aromatic N) is 2. The summed E-state index contributed by atoms with van der Waals surface area (Å²) in [6.07, 6.45) is 5.40. The normalized spacial score (nSPS) is 10.0. The molecule has 0 saturated heterocycles. The summed E-state index contributed by atoms with van der Waals surface area (Å²) in [6.45, 7) is 0.578. The van der Waals surface area contributed by atoms with Crippen LogP contribution in [0.1, 0.15) is 11.3 Å². The Bertz CT molecular complexity index is 769. The van der Waals surface area contributed by atoms with E-state index in [1.807, 2.05) is 54.6 Å². The van der Waals surface area contributed by atoms with E-state index >= 15 is 0 Å². The summed E-state index contributed by atoms with van der Waals surface area (Å²) in [5.41, 5.74) is 4.58. The minimum Gasteiger partial charge on any atom is -0.379 e. The zero-order chi connectivity index (χ0) is 14.5. The van der Waals surface area contributed by atoms with Crippen molar-refractivity contribution >= 4 is 5.69 Å². The number of terminal acetylenes is 1. The second-order valence-electron chi connectivity index (χ2n) is 4.56. The quantitative estimate of drug-likeness (QED) is 0.719. The number of benzene rings is 2. The summed E-state index contributed by atoms with van der Waals surface area (Å²) in [4.78, 5) is 0. The van der Waals surface area contributed by atoms with Crippen LogP contribution in [0.15, 0.2) is 54.6 Å². The zero-order valence-electron chi connectivity index (χ0n) is 11.4. The third-order valence-corrected chi connectivity index (χ3v) is 3.16. The number of anilines is 1. The van der Waals surface area contributed by atoms with Crippen LogP contribution in [-0.2, 0) is 6.54 Å². The Morgan fingerprint density at radius 3 is 2.71 bits per heavy atom. The number of aromatic amines is 1. The van der Waals surface area contributed by atoms with Crippen LogP contribution in [-0.4, -0.2) is 15.4 Å².